The zero-order valence-corrected chi connectivity index (χ0v) is 10.9. The van der Waals surface area contributed by atoms with E-state index < -0.39 is 17.5 Å². The Labute approximate surface area is 114 Å². The van der Waals surface area contributed by atoms with Crippen molar-refractivity contribution in [2.45, 2.75) is 13.5 Å². The first-order valence-corrected chi connectivity index (χ1v) is 5.99. The molecule has 0 unspecified atom stereocenters. The van der Waals surface area contributed by atoms with Gasteiger partial charge in [-0.25, -0.2) is 13.2 Å². The molecule has 0 aromatic heterocycles. The highest BCUT2D eigenvalue weighted by molar-refractivity contribution is 6.33. The van der Waals surface area contributed by atoms with Gasteiger partial charge in [-0.05, 0) is 24.6 Å². The van der Waals surface area contributed by atoms with Crippen LogP contribution < -0.4 is 5.32 Å². The fourth-order valence-corrected chi connectivity index (χ4v) is 2.03. The van der Waals surface area contributed by atoms with Crippen LogP contribution in [0.1, 0.15) is 11.1 Å². The largest absolute Gasteiger partial charge is 0.379 e. The second-order valence-electron chi connectivity index (χ2n) is 4.14. The van der Waals surface area contributed by atoms with E-state index in [4.69, 9.17) is 11.6 Å². The summed E-state index contributed by atoms with van der Waals surface area (Å²) in [5.74, 6) is -3.07. The molecule has 0 heterocycles. The van der Waals surface area contributed by atoms with Crippen LogP contribution in [-0.2, 0) is 6.54 Å². The Morgan fingerprint density at radius 1 is 1.05 bits per heavy atom. The molecule has 0 bridgehead atoms. The fourth-order valence-electron chi connectivity index (χ4n) is 1.74. The molecule has 0 amide bonds. The minimum atomic E-state index is -1.20. The van der Waals surface area contributed by atoms with E-state index in [-0.39, 0.29) is 12.1 Å². The van der Waals surface area contributed by atoms with Gasteiger partial charge in [-0.2, -0.15) is 0 Å². The lowest BCUT2D eigenvalue weighted by Gasteiger charge is -2.12. The Hall–Kier alpha value is -1.68. The van der Waals surface area contributed by atoms with Crippen LogP contribution >= 0.6 is 11.6 Å². The maximum Gasteiger partial charge on any atom is 0.161 e. The molecule has 0 saturated heterocycles. The molecular formula is C14H11ClF3N. The van der Waals surface area contributed by atoms with Gasteiger partial charge in [0, 0.05) is 18.2 Å². The smallest absolute Gasteiger partial charge is 0.161 e. The molecule has 0 aliphatic carbocycles. The highest BCUT2D eigenvalue weighted by Crippen LogP contribution is 2.26. The summed E-state index contributed by atoms with van der Waals surface area (Å²) in [7, 11) is 0. The maximum absolute atomic E-state index is 13.5. The third-order valence-electron chi connectivity index (χ3n) is 2.77. The zero-order chi connectivity index (χ0) is 14.0. The Kier molecular flexibility index (Phi) is 4.00. The van der Waals surface area contributed by atoms with Gasteiger partial charge in [-0.3, -0.25) is 0 Å². The highest BCUT2D eigenvalue weighted by Gasteiger charge is 2.10. The van der Waals surface area contributed by atoms with Crippen molar-refractivity contribution in [3.05, 3.63) is 63.9 Å². The minimum absolute atomic E-state index is 0.0214. The van der Waals surface area contributed by atoms with Crippen molar-refractivity contribution in [1.29, 1.82) is 0 Å². The summed E-state index contributed by atoms with van der Waals surface area (Å²) in [6, 6.07) is 6.70. The number of aryl methyl sites for hydroxylation is 1. The molecule has 2 aromatic carbocycles. The van der Waals surface area contributed by atoms with Gasteiger partial charge in [0.1, 0.15) is 5.82 Å². The van der Waals surface area contributed by atoms with Crippen LogP contribution in [0.5, 0.6) is 0 Å². The van der Waals surface area contributed by atoms with Gasteiger partial charge in [0.2, 0.25) is 0 Å². The van der Waals surface area contributed by atoms with Crippen LogP contribution in [0.2, 0.25) is 5.02 Å². The van der Waals surface area contributed by atoms with Crippen molar-refractivity contribution in [2.75, 3.05) is 5.32 Å². The second kappa shape index (κ2) is 5.53. The second-order valence-corrected chi connectivity index (χ2v) is 4.55. The van der Waals surface area contributed by atoms with Crippen molar-refractivity contribution >= 4 is 17.3 Å². The Bertz CT molecular complexity index is 594. The summed E-state index contributed by atoms with van der Waals surface area (Å²) in [4.78, 5) is 0. The average Bonchev–Trinajstić information content (AvgIpc) is 2.34. The summed E-state index contributed by atoms with van der Waals surface area (Å²) in [6.45, 7) is 1.86. The highest BCUT2D eigenvalue weighted by atomic mass is 35.5. The SMILES string of the molecule is Cc1cccc(Cl)c1NCc1cc(F)c(F)cc1F. The topological polar surface area (TPSA) is 12.0 Å². The first-order valence-electron chi connectivity index (χ1n) is 5.61. The Balaban J connectivity index is 2.22. The van der Waals surface area contributed by atoms with Crippen LogP contribution in [0, 0.1) is 24.4 Å². The van der Waals surface area contributed by atoms with E-state index in [0.29, 0.717) is 16.8 Å². The predicted molar refractivity (Wildman–Crippen MR) is 69.8 cm³/mol. The first kappa shape index (κ1) is 13.7. The molecule has 0 spiro atoms. The quantitative estimate of drug-likeness (QED) is 0.808. The first-order chi connectivity index (χ1) is 8.99. The van der Waals surface area contributed by atoms with Gasteiger partial charge in [-0.1, -0.05) is 23.7 Å². The predicted octanol–water partition coefficient (Wildman–Crippen LogP) is 4.68. The molecule has 1 nitrogen and oxygen atoms in total. The lowest BCUT2D eigenvalue weighted by Crippen LogP contribution is -2.05. The van der Waals surface area contributed by atoms with Gasteiger partial charge in [0.25, 0.3) is 0 Å². The maximum atomic E-state index is 13.5. The molecule has 0 aliphatic heterocycles. The van der Waals surface area contributed by atoms with Gasteiger partial charge < -0.3 is 5.32 Å². The van der Waals surface area contributed by atoms with E-state index in [2.05, 4.69) is 5.32 Å². The third-order valence-corrected chi connectivity index (χ3v) is 3.08. The van der Waals surface area contributed by atoms with Crippen molar-refractivity contribution in [3.63, 3.8) is 0 Å². The number of hydrogen-bond acceptors (Lipinski definition) is 1. The van der Waals surface area contributed by atoms with E-state index in [1.165, 1.54) is 0 Å². The van der Waals surface area contributed by atoms with Crippen LogP contribution in [0.15, 0.2) is 30.3 Å². The number of para-hydroxylation sites is 1. The molecule has 0 saturated carbocycles. The minimum Gasteiger partial charge on any atom is -0.379 e. The van der Waals surface area contributed by atoms with E-state index in [9.17, 15) is 13.2 Å². The summed E-state index contributed by atoms with van der Waals surface area (Å²) in [6.07, 6.45) is 0. The molecule has 5 heteroatoms. The summed E-state index contributed by atoms with van der Waals surface area (Å²) in [5, 5.41) is 3.41. The van der Waals surface area contributed by atoms with Gasteiger partial charge in [0.05, 0.1) is 10.7 Å². The van der Waals surface area contributed by atoms with E-state index >= 15 is 0 Å². The van der Waals surface area contributed by atoms with E-state index in [1.54, 1.807) is 12.1 Å². The molecule has 0 atom stereocenters. The molecule has 2 aromatic rings. The van der Waals surface area contributed by atoms with Gasteiger partial charge >= 0.3 is 0 Å². The standard InChI is InChI=1S/C14H11ClF3N/c1-8-3-2-4-10(15)14(8)19-7-9-5-12(17)13(18)6-11(9)16/h2-6,19H,7H2,1H3. The van der Waals surface area contributed by atoms with Crippen molar-refractivity contribution in [3.8, 4) is 0 Å². The normalized spacial score (nSPS) is 10.6. The number of hydrogen-bond donors (Lipinski definition) is 1. The van der Waals surface area contributed by atoms with Crippen molar-refractivity contribution in [2.24, 2.45) is 0 Å². The monoisotopic (exact) mass is 285 g/mol. The molecule has 1 N–H and O–H groups in total. The van der Waals surface area contributed by atoms with E-state index in [0.717, 1.165) is 11.6 Å². The lowest BCUT2D eigenvalue weighted by molar-refractivity contribution is 0.490. The number of benzene rings is 2. The Morgan fingerprint density at radius 3 is 2.42 bits per heavy atom. The van der Waals surface area contributed by atoms with Crippen LogP contribution in [0.4, 0.5) is 18.9 Å². The summed E-state index contributed by atoms with van der Waals surface area (Å²) in [5.41, 5.74) is 1.57. The summed E-state index contributed by atoms with van der Waals surface area (Å²) < 4.78 is 39.3. The van der Waals surface area contributed by atoms with Crippen LogP contribution in [0.25, 0.3) is 0 Å². The lowest BCUT2D eigenvalue weighted by atomic mass is 10.1. The number of anilines is 1. The Morgan fingerprint density at radius 2 is 1.74 bits per heavy atom. The molecule has 100 valence electrons. The van der Waals surface area contributed by atoms with Gasteiger partial charge in [-0.15, -0.1) is 0 Å². The van der Waals surface area contributed by atoms with Crippen molar-refractivity contribution < 1.29 is 13.2 Å². The zero-order valence-electron chi connectivity index (χ0n) is 10.1. The number of halogens is 4. The molecular weight excluding hydrogens is 275 g/mol. The van der Waals surface area contributed by atoms with E-state index in [1.807, 2.05) is 13.0 Å². The third kappa shape index (κ3) is 3.01. The van der Waals surface area contributed by atoms with Crippen LogP contribution in [0.3, 0.4) is 0 Å². The van der Waals surface area contributed by atoms with Crippen LogP contribution in [-0.4, -0.2) is 0 Å². The number of nitrogens with one attached hydrogen (secondary N) is 1. The molecule has 0 aliphatic rings. The molecule has 0 radical (unpaired) electrons. The fraction of sp³-hybridized carbons (Fsp3) is 0.143. The molecule has 19 heavy (non-hydrogen) atoms. The summed E-state index contributed by atoms with van der Waals surface area (Å²) >= 11 is 6.00. The van der Waals surface area contributed by atoms with Gasteiger partial charge in [0.15, 0.2) is 11.6 Å². The molecule has 2 rings (SSSR count). The number of rotatable bonds is 3. The average molecular weight is 286 g/mol. The van der Waals surface area contributed by atoms with Crippen molar-refractivity contribution in [1.82, 2.24) is 0 Å². The molecule has 0 fully saturated rings.